The minimum absolute atomic E-state index is 0.100. The lowest BCUT2D eigenvalue weighted by molar-refractivity contribution is -0.133. The Morgan fingerprint density at radius 2 is 1.84 bits per heavy atom. The molecule has 2 rings (SSSR count). The summed E-state index contributed by atoms with van der Waals surface area (Å²) in [7, 11) is 0. The van der Waals surface area contributed by atoms with Crippen molar-refractivity contribution in [2.45, 2.75) is 39.3 Å². The van der Waals surface area contributed by atoms with Gasteiger partial charge in [-0.15, -0.1) is 0 Å². The van der Waals surface area contributed by atoms with Crippen molar-refractivity contribution >= 4 is 29.3 Å². The van der Waals surface area contributed by atoms with E-state index in [0.29, 0.717) is 18.1 Å². The zero-order valence-corrected chi connectivity index (χ0v) is 16.0. The number of benzene rings is 1. The summed E-state index contributed by atoms with van der Waals surface area (Å²) in [6.07, 6.45) is -0.578. The molecule has 1 atom stereocenters. The number of ether oxygens (including phenoxy) is 1. The normalized spacial score (nSPS) is 16.4. The molecule has 0 bridgehead atoms. The molecule has 0 unspecified atom stereocenters. The molecule has 0 spiro atoms. The van der Waals surface area contributed by atoms with Crippen LogP contribution in [0.2, 0.25) is 5.02 Å². The fourth-order valence-corrected chi connectivity index (χ4v) is 2.86. The molecule has 0 radical (unpaired) electrons. The van der Waals surface area contributed by atoms with Gasteiger partial charge in [0.05, 0.1) is 0 Å². The second-order valence-electron chi connectivity index (χ2n) is 7.16. The molecule has 1 fully saturated rings. The van der Waals surface area contributed by atoms with E-state index >= 15 is 0 Å². The SMILES string of the molecule is C[C@@H](NC(=O)OC(C)(C)C)C(=O)N1CCN(c2cccc(Cl)c2)CC1. The van der Waals surface area contributed by atoms with Gasteiger partial charge in [0, 0.05) is 36.9 Å². The number of nitrogens with zero attached hydrogens (tertiary/aromatic N) is 2. The number of piperazine rings is 1. The summed E-state index contributed by atoms with van der Waals surface area (Å²) in [4.78, 5) is 28.3. The number of rotatable bonds is 3. The number of hydrogen-bond acceptors (Lipinski definition) is 4. The van der Waals surface area contributed by atoms with Crippen LogP contribution < -0.4 is 10.2 Å². The predicted molar refractivity (Wildman–Crippen MR) is 99.1 cm³/mol. The molecule has 0 aliphatic carbocycles. The van der Waals surface area contributed by atoms with E-state index in [4.69, 9.17) is 16.3 Å². The Bertz CT molecular complexity index is 622. The van der Waals surface area contributed by atoms with Crippen LogP contribution in [0.25, 0.3) is 0 Å². The highest BCUT2D eigenvalue weighted by Gasteiger charge is 2.27. The first-order chi connectivity index (χ1) is 11.7. The van der Waals surface area contributed by atoms with Crippen molar-refractivity contribution in [1.82, 2.24) is 10.2 Å². The third-order valence-corrected chi connectivity index (χ3v) is 4.10. The summed E-state index contributed by atoms with van der Waals surface area (Å²) < 4.78 is 5.19. The number of amides is 2. The highest BCUT2D eigenvalue weighted by Crippen LogP contribution is 2.21. The molecule has 0 aromatic heterocycles. The topological polar surface area (TPSA) is 61.9 Å². The number of carbonyl (C=O) groups is 2. The van der Waals surface area contributed by atoms with Crippen molar-refractivity contribution in [2.75, 3.05) is 31.1 Å². The quantitative estimate of drug-likeness (QED) is 0.892. The Morgan fingerprint density at radius 3 is 2.40 bits per heavy atom. The number of carbonyl (C=O) groups excluding carboxylic acids is 2. The van der Waals surface area contributed by atoms with E-state index in [2.05, 4.69) is 10.2 Å². The number of nitrogens with one attached hydrogen (secondary N) is 1. The lowest BCUT2D eigenvalue weighted by Crippen LogP contribution is -2.54. The van der Waals surface area contributed by atoms with Crippen LogP contribution in [-0.2, 0) is 9.53 Å². The van der Waals surface area contributed by atoms with Crippen LogP contribution in [0.4, 0.5) is 10.5 Å². The third kappa shape index (κ3) is 5.81. The van der Waals surface area contributed by atoms with Crippen LogP contribution in [0, 0.1) is 0 Å². The molecule has 1 aromatic carbocycles. The van der Waals surface area contributed by atoms with Crippen molar-refractivity contribution in [1.29, 1.82) is 0 Å². The first-order valence-corrected chi connectivity index (χ1v) is 8.82. The van der Waals surface area contributed by atoms with E-state index in [9.17, 15) is 9.59 Å². The van der Waals surface area contributed by atoms with E-state index in [1.807, 2.05) is 24.3 Å². The Balaban J connectivity index is 1.85. The van der Waals surface area contributed by atoms with E-state index in [1.54, 1.807) is 32.6 Å². The zero-order chi connectivity index (χ0) is 18.6. The smallest absolute Gasteiger partial charge is 0.408 e. The van der Waals surface area contributed by atoms with Crippen LogP contribution in [-0.4, -0.2) is 54.7 Å². The Morgan fingerprint density at radius 1 is 1.20 bits per heavy atom. The van der Waals surface area contributed by atoms with Gasteiger partial charge in [0.2, 0.25) is 5.91 Å². The summed E-state index contributed by atoms with van der Waals surface area (Å²) in [5, 5.41) is 3.30. The largest absolute Gasteiger partial charge is 0.444 e. The van der Waals surface area contributed by atoms with Crippen LogP contribution in [0.5, 0.6) is 0 Å². The first-order valence-electron chi connectivity index (χ1n) is 8.44. The van der Waals surface area contributed by atoms with Crippen LogP contribution >= 0.6 is 11.6 Å². The molecule has 1 N–H and O–H groups in total. The molecule has 1 heterocycles. The zero-order valence-electron chi connectivity index (χ0n) is 15.2. The van der Waals surface area contributed by atoms with Gasteiger partial charge in [-0.3, -0.25) is 4.79 Å². The molecule has 0 saturated carbocycles. The lowest BCUT2D eigenvalue weighted by atomic mass is 10.2. The standard InChI is InChI=1S/C18H26ClN3O3/c1-13(20-17(24)25-18(2,3)4)16(23)22-10-8-21(9-11-22)15-7-5-6-14(19)12-15/h5-7,12-13H,8-11H2,1-4H3,(H,20,24)/t13-/m1/s1. The van der Waals surface area contributed by atoms with Gasteiger partial charge in [-0.25, -0.2) is 4.79 Å². The maximum absolute atomic E-state index is 12.5. The molecule has 1 aliphatic rings. The Hall–Kier alpha value is -1.95. The van der Waals surface area contributed by atoms with Crippen molar-refractivity contribution in [3.05, 3.63) is 29.3 Å². The first kappa shape index (κ1) is 19.4. The van der Waals surface area contributed by atoms with Gasteiger partial charge in [-0.05, 0) is 45.9 Å². The number of halogens is 1. The van der Waals surface area contributed by atoms with Gasteiger partial charge in [0.1, 0.15) is 11.6 Å². The third-order valence-electron chi connectivity index (χ3n) is 3.87. The van der Waals surface area contributed by atoms with Gasteiger partial charge in [-0.1, -0.05) is 17.7 Å². The highest BCUT2D eigenvalue weighted by molar-refractivity contribution is 6.30. The Labute approximate surface area is 154 Å². The minimum atomic E-state index is -0.618. The van der Waals surface area contributed by atoms with Crippen molar-refractivity contribution in [2.24, 2.45) is 0 Å². The monoisotopic (exact) mass is 367 g/mol. The van der Waals surface area contributed by atoms with E-state index < -0.39 is 17.7 Å². The van der Waals surface area contributed by atoms with E-state index in [-0.39, 0.29) is 5.91 Å². The molecule has 1 aliphatic heterocycles. The maximum Gasteiger partial charge on any atom is 0.408 e. The summed E-state index contributed by atoms with van der Waals surface area (Å²) in [5.41, 5.74) is 0.467. The molecule has 7 heteroatoms. The highest BCUT2D eigenvalue weighted by atomic mass is 35.5. The molecule has 6 nitrogen and oxygen atoms in total. The summed E-state index contributed by atoms with van der Waals surface area (Å²) in [6.45, 7) is 9.69. The maximum atomic E-state index is 12.5. The van der Waals surface area contributed by atoms with E-state index in [0.717, 1.165) is 18.8 Å². The van der Waals surface area contributed by atoms with Gasteiger partial charge in [0.15, 0.2) is 0 Å². The fourth-order valence-electron chi connectivity index (χ4n) is 2.68. The lowest BCUT2D eigenvalue weighted by Gasteiger charge is -2.37. The van der Waals surface area contributed by atoms with Crippen LogP contribution in [0.1, 0.15) is 27.7 Å². The van der Waals surface area contributed by atoms with Crippen LogP contribution in [0.15, 0.2) is 24.3 Å². The summed E-state index contributed by atoms with van der Waals surface area (Å²) in [6, 6.07) is 7.08. The summed E-state index contributed by atoms with van der Waals surface area (Å²) in [5.74, 6) is -0.100. The van der Waals surface area contributed by atoms with Crippen molar-refractivity contribution in [3.63, 3.8) is 0 Å². The average Bonchev–Trinajstić information content (AvgIpc) is 2.52. The predicted octanol–water partition coefficient (Wildman–Crippen LogP) is 2.90. The average molecular weight is 368 g/mol. The second-order valence-corrected chi connectivity index (χ2v) is 7.60. The molecule has 1 aromatic rings. The summed E-state index contributed by atoms with van der Waals surface area (Å²) >= 11 is 6.04. The number of anilines is 1. The van der Waals surface area contributed by atoms with Gasteiger partial charge in [-0.2, -0.15) is 0 Å². The number of alkyl carbamates (subject to hydrolysis) is 1. The van der Waals surface area contributed by atoms with Gasteiger partial charge < -0.3 is 19.9 Å². The van der Waals surface area contributed by atoms with Crippen molar-refractivity contribution < 1.29 is 14.3 Å². The van der Waals surface area contributed by atoms with Crippen molar-refractivity contribution in [3.8, 4) is 0 Å². The van der Waals surface area contributed by atoms with Crippen LogP contribution in [0.3, 0.4) is 0 Å². The van der Waals surface area contributed by atoms with Gasteiger partial charge in [0.25, 0.3) is 0 Å². The number of hydrogen-bond donors (Lipinski definition) is 1. The molecule has 1 saturated heterocycles. The minimum Gasteiger partial charge on any atom is -0.444 e. The molecular formula is C18H26ClN3O3. The molecule has 2 amide bonds. The molecule has 25 heavy (non-hydrogen) atoms. The Kier molecular flexibility index (Phi) is 6.16. The second kappa shape index (κ2) is 7.95. The fraction of sp³-hybridized carbons (Fsp3) is 0.556. The van der Waals surface area contributed by atoms with Gasteiger partial charge >= 0.3 is 6.09 Å². The molecule has 138 valence electrons. The van der Waals surface area contributed by atoms with E-state index in [1.165, 1.54) is 0 Å². The molecular weight excluding hydrogens is 342 g/mol.